The topological polar surface area (TPSA) is 45.8 Å². The number of aryl methyl sites for hydroxylation is 2. The normalized spacial score (nSPS) is 14.1. The maximum Gasteiger partial charge on any atom is 0.264 e. The summed E-state index contributed by atoms with van der Waals surface area (Å²) < 4.78 is 1.32. The van der Waals surface area contributed by atoms with E-state index in [1.54, 1.807) is 17.4 Å². The van der Waals surface area contributed by atoms with E-state index in [9.17, 15) is 4.79 Å². The molecule has 1 N–H and O–H groups in total. The minimum Gasteiger partial charge on any atom is -0.268 e. The van der Waals surface area contributed by atoms with Gasteiger partial charge in [-0.15, -0.1) is 23.1 Å². The van der Waals surface area contributed by atoms with Crippen LogP contribution in [0.25, 0.3) is 11.3 Å². The fourth-order valence-electron chi connectivity index (χ4n) is 1.88. The van der Waals surface area contributed by atoms with E-state index in [1.807, 2.05) is 11.8 Å². The van der Waals surface area contributed by atoms with Crippen molar-refractivity contribution in [1.82, 2.24) is 10.2 Å². The van der Waals surface area contributed by atoms with Crippen molar-refractivity contribution in [3.8, 4) is 11.3 Å². The summed E-state index contributed by atoms with van der Waals surface area (Å²) >= 11 is 3.66. The van der Waals surface area contributed by atoms with Crippen molar-refractivity contribution in [3.05, 3.63) is 32.9 Å². The molecule has 0 unspecified atom stereocenters. The third kappa shape index (κ3) is 1.60. The maximum absolute atomic E-state index is 11.2. The Morgan fingerprint density at radius 1 is 1.44 bits per heavy atom. The van der Waals surface area contributed by atoms with Crippen LogP contribution in [0.15, 0.2) is 21.1 Å². The van der Waals surface area contributed by atoms with Gasteiger partial charge in [0, 0.05) is 22.3 Å². The predicted molar refractivity (Wildman–Crippen MR) is 67.3 cm³/mol. The van der Waals surface area contributed by atoms with Crippen LogP contribution in [0.4, 0.5) is 0 Å². The van der Waals surface area contributed by atoms with E-state index in [2.05, 4.69) is 23.2 Å². The van der Waals surface area contributed by atoms with Crippen molar-refractivity contribution in [2.45, 2.75) is 17.6 Å². The third-order valence-corrected chi connectivity index (χ3v) is 4.91. The highest BCUT2D eigenvalue weighted by molar-refractivity contribution is 8.01. The van der Waals surface area contributed by atoms with Crippen molar-refractivity contribution in [2.24, 2.45) is 0 Å². The Hall–Kier alpha value is -1.07. The average molecular weight is 250 g/mol. The molecule has 0 amide bonds. The highest BCUT2D eigenvalue weighted by atomic mass is 32.2. The van der Waals surface area contributed by atoms with E-state index < -0.39 is 0 Å². The first-order valence-electron chi connectivity index (χ1n) is 5.06. The zero-order chi connectivity index (χ0) is 11.1. The Morgan fingerprint density at radius 2 is 2.31 bits per heavy atom. The number of aromatic nitrogens is 2. The average Bonchev–Trinajstić information content (AvgIpc) is 2.52. The summed E-state index contributed by atoms with van der Waals surface area (Å²) in [6.07, 6.45) is 0.914. The summed E-state index contributed by atoms with van der Waals surface area (Å²) in [7, 11) is 0. The van der Waals surface area contributed by atoms with Gasteiger partial charge in [0.1, 0.15) is 0 Å². The van der Waals surface area contributed by atoms with E-state index >= 15 is 0 Å². The van der Waals surface area contributed by atoms with Gasteiger partial charge in [-0.1, -0.05) is 0 Å². The predicted octanol–water partition coefficient (Wildman–Crippen LogP) is 2.46. The fraction of sp³-hybridized carbons (Fsp3) is 0.273. The molecule has 82 valence electrons. The van der Waals surface area contributed by atoms with Gasteiger partial charge in [0.25, 0.3) is 5.56 Å². The van der Waals surface area contributed by atoms with E-state index in [4.69, 9.17) is 0 Å². The molecule has 0 saturated heterocycles. The number of nitrogens with zero attached hydrogens (tertiary/aromatic N) is 1. The zero-order valence-corrected chi connectivity index (χ0v) is 10.4. The maximum atomic E-state index is 11.2. The second kappa shape index (κ2) is 3.75. The van der Waals surface area contributed by atoms with Crippen LogP contribution < -0.4 is 5.56 Å². The molecule has 0 atom stereocenters. The Bertz CT molecular complexity index is 600. The molecule has 5 heteroatoms. The molecule has 0 bridgehead atoms. The van der Waals surface area contributed by atoms with Gasteiger partial charge in [0.15, 0.2) is 0 Å². The molecule has 0 spiro atoms. The zero-order valence-electron chi connectivity index (χ0n) is 8.74. The number of nitrogens with one attached hydrogen (secondary N) is 1. The quantitative estimate of drug-likeness (QED) is 0.781. The Kier molecular flexibility index (Phi) is 2.37. The summed E-state index contributed by atoms with van der Waals surface area (Å²) in [5.41, 5.74) is 3.08. The number of rotatable bonds is 0. The number of aromatic amines is 1. The molecule has 3 heterocycles. The van der Waals surface area contributed by atoms with E-state index in [0.29, 0.717) is 0 Å². The third-order valence-electron chi connectivity index (χ3n) is 2.57. The van der Waals surface area contributed by atoms with Crippen LogP contribution in [0.2, 0.25) is 0 Å². The molecule has 2 aromatic rings. The smallest absolute Gasteiger partial charge is 0.264 e. The number of thiophene rings is 1. The van der Waals surface area contributed by atoms with Crippen molar-refractivity contribution in [2.75, 3.05) is 5.75 Å². The van der Waals surface area contributed by atoms with Crippen molar-refractivity contribution >= 4 is 23.1 Å². The first-order chi connectivity index (χ1) is 7.74. The van der Waals surface area contributed by atoms with Crippen LogP contribution in [-0.4, -0.2) is 16.0 Å². The molecule has 1 aliphatic rings. The van der Waals surface area contributed by atoms with E-state index in [1.165, 1.54) is 14.6 Å². The van der Waals surface area contributed by atoms with Crippen molar-refractivity contribution in [1.29, 1.82) is 0 Å². The first kappa shape index (κ1) is 10.1. The first-order valence-corrected chi connectivity index (χ1v) is 6.86. The minimum atomic E-state index is -0.112. The van der Waals surface area contributed by atoms with Gasteiger partial charge in [0.05, 0.1) is 9.90 Å². The van der Waals surface area contributed by atoms with Crippen LogP contribution in [0.1, 0.15) is 10.4 Å². The molecule has 3 nitrogen and oxygen atoms in total. The van der Waals surface area contributed by atoms with Gasteiger partial charge >= 0.3 is 0 Å². The molecule has 0 aromatic carbocycles. The SMILES string of the molecule is Cc1cc2c(s1)SCCc1cc(=O)[nH]nc1-2. The number of thioether (sulfide) groups is 1. The lowest BCUT2D eigenvalue weighted by Gasteiger charge is -2.01. The standard InChI is InChI=1S/C11H10N2OS2/c1-6-4-8-10-7(5-9(14)12-13-10)2-3-15-11(8)16-6/h4-5H,2-3H2,1H3,(H,12,14). The van der Waals surface area contributed by atoms with Crippen LogP contribution in [0.3, 0.4) is 0 Å². The van der Waals surface area contributed by atoms with Gasteiger partial charge in [-0.2, -0.15) is 5.10 Å². The molecule has 16 heavy (non-hydrogen) atoms. The molecule has 0 radical (unpaired) electrons. The van der Waals surface area contributed by atoms with Crippen LogP contribution >= 0.6 is 23.1 Å². The monoisotopic (exact) mass is 250 g/mol. The van der Waals surface area contributed by atoms with E-state index in [-0.39, 0.29) is 5.56 Å². The molecule has 3 rings (SSSR count). The molecule has 0 saturated carbocycles. The summed E-state index contributed by atoms with van der Waals surface area (Å²) in [6.45, 7) is 2.10. The lowest BCUT2D eigenvalue weighted by Crippen LogP contribution is -2.10. The Labute approximate surface area is 101 Å². The van der Waals surface area contributed by atoms with Gasteiger partial charge < -0.3 is 0 Å². The molecular formula is C11H10N2OS2. The highest BCUT2D eigenvalue weighted by Gasteiger charge is 2.18. The van der Waals surface area contributed by atoms with Crippen molar-refractivity contribution < 1.29 is 0 Å². The lowest BCUT2D eigenvalue weighted by atomic mass is 10.1. The Morgan fingerprint density at radius 3 is 3.19 bits per heavy atom. The van der Waals surface area contributed by atoms with E-state index in [0.717, 1.165) is 23.4 Å². The Balaban J connectivity index is 2.28. The molecule has 0 fully saturated rings. The van der Waals surface area contributed by atoms with Crippen LogP contribution in [-0.2, 0) is 6.42 Å². The largest absolute Gasteiger partial charge is 0.268 e. The summed E-state index contributed by atoms with van der Waals surface area (Å²) in [4.78, 5) is 12.5. The number of hydrogen-bond acceptors (Lipinski definition) is 4. The van der Waals surface area contributed by atoms with Crippen LogP contribution in [0.5, 0.6) is 0 Å². The number of fused-ring (bicyclic) bond motifs is 3. The van der Waals surface area contributed by atoms with Gasteiger partial charge in [-0.25, -0.2) is 5.10 Å². The summed E-state index contributed by atoms with van der Waals surface area (Å²) in [5, 5.41) is 6.72. The second-order valence-electron chi connectivity index (χ2n) is 3.76. The van der Waals surface area contributed by atoms with Gasteiger partial charge in [0.2, 0.25) is 0 Å². The highest BCUT2D eigenvalue weighted by Crippen LogP contribution is 2.41. The molecule has 0 aliphatic carbocycles. The molecule has 1 aliphatic heterocycles. The lowest BCUT2D eigenvalue weighted by molar-refractivity contribution is 0.961. The molecule has 2 aromatic heterocycles. The summed E-state index contributed by atoms with van der Waals surface area (Å²) in [6, 6.07) is 3.83. The molecular weight excluding hydrogens is 240 g/mol. The van der Waals surface area contributed by atoms with Gasteiger partial charge in [-0.05, 0) is 25.0 Å². The van der Waals surface area contributed by atoms with Crippen molar-refractivity contribution in [3.63, 3.8) is 0 Å². The summed E-state index contributed by atoms with van der Waals surface area (Å²) in [5.74, 6) is 1.02. The number of H-pyrrole nitrogens is 1. The second-order valence-corrected chi connectivity index (χ2v) is 6.38. The van der Waals surface area contributed by atoms with Crippen LogP contribution in [0, 0.1) is 6.92 Å². The minimum absolute atomic E-state index is 0.112. The van der Waals surface area contributed by atoms with Gasteiger partial charge in [-0.3, -0.25) is 4.79 Å². The number of hydrogen-bond donors (Lipinski definition) is 1. The fourth-order valence-corrected chi connectivity index (χ4v) is 4.32.